The van der Waals surface area contributed by atoms with Crippen LogP contribution in [0.1, 0.15) is 33.1 Å². The first-order chi connectivity index (χ1) is 8.22. The van der Waals surface area contributed by atoms with E-state index in [4.69, 9.17) is 10.5 Å². The zero-order valence-electron chi connectivity index (χ0n) is 10.7. The van der Waals surface area contributed by atoms with Crippen LogP contribution in [-0.4, -0.2) is 12.6 Å². The molecule has 3 heteroatoms. The summed E-state index contributed by atoms with van der Waals surface area (Å²) in [6.45, 7) is 4.89. The lowest BCUT2D eigenvalue weighted by atomic mass is 10.2. The Morgan fingerprint density at radius 1 is 1.35 bits per heavy atom. The Balaban J connectivity index is 1.96. The lowest BCUT2D eigenvalue weighted by Crippen LogP contribution is -2.05. The minimum absolute atomic E-state index is 0.631. The Morgan fingerprint density at radius 2 is 2.18 bits per heavy atom. The molecule has 1 aromatic carbocycles. The van der Waals surface area contributed by atoms with Crippen LogP contribution in [0.3, 0.4) is 0 Å². The number of benzene rings is 1. The van der Waals surface area contributed by atoms with Crippen LogP contribution in [0, 0.1) is 5.92 Å². The first-order valence-electron chi connectivity index (χ1n) is 6.52. The molecule has 0 heterocycles. The molecule has 0 aliphatic heterocycles. The van der Waals surface area contributed by atoms with Gasteiger partial charge < -0.3 is 15.8 Å². The molecule has 0 aromatic heterocycles. The average molecular weight is 234 g/mol. The molecule has 1 fully saturated rings. The van der Waals surface area contributed by atoms with E-state index < -0.39 is 0 Å². The third-order valence-electron chi connectivity index (χ3n) is 3.17. The second kappa shape index (κ2) is 5.30. The van der Waals surface area contributed by atoms with Gasteiger partial charge in [-0.05, 0) is 31.7 Å². The standard InChI is InChI=1S/C14H22N2O/c1-3-5-10-6-14(10)16-12-7-11(15)8-13(9-12)17-4-2/h7-10,14,16H,3-6,15H2,1-2H3. The summed E-state index contributed by atoms with van der Waals surface area (Å²) in [5, 5.41) is 3.53. The van der Waals surface area contributed by atoms with Crippen molar-refractivity contribution in [1.82, 2.24) is 0 Å². The van der Waals surface area contributed by atoms with Gasteiger partial charge in [-0.2, -0.15) is 0 Å². The van der Waals surface area contributed by atoms with Gasteiger partial charge in [-0.15, -0.1) is 0 Å². The number of anilines is 2. The van der Waals surface area contributed by atoms with Crippen LogP contribution >= 0.6 is 0 Å². The molecule has 3 N–H and O–H groups in total. The Bertz CT molecular complexity index is 378. The van der Waals surface area contributed by atoms with Gasteiger partial charge in [0.05, 0.1) is 6.61 Å². The molecule has 3 nitrogen and oxygen atoms in total. The van der Waals surface area contributed by atoms with Crippen molar-refractivity contribution < 1.29 is 4.74 Å². The summed E-state index contributed by atoms with van der Waals surface area (Å²) in [6.07, 6.45) is 3.87. The fourth-order valence-electron chi connectivity index (χ4n) is 2.28. The van der Waals surface area contributed by atoms with E-state index in [0.717, 1.165) is 23.0 Å². The first kappa shape index (κ1) is 12.1. The van der Waals surface area contributed by atoms with Gasteiger partial charge in [-0.25, -0.2) is 0 Å². The molecule has 1 saturated carbocycles. The largest absolute Gasteiger partial charge is 0.494 e. The monoisotopic (exact) mass is 234 g/mol. The maximum Gasteiger partial charge on any atom is 0.123 e. The summed E-state index contributed by atoms with van der Waals surface area (Å²) in [5.41, 5.74) is 7.70. The molecule has 1 aromatic rings. The van der Waals surface area contributed by atoms with E-state index in [0.29, 0.717) is 12.6 Å². The third-order valence-corrected chi connectivity index (χ3v) is 3.17. The summed E-state index contributed by atoms with van der Waals surface area (Å²) in [4.78, 5) is 0. The summed E-state index contributed by atoms with van der Waals surface area (Å²) in [7, 11) is 0. The Labute approximate surface area is 103 Å². The number of nitrogens with one attached hydrogen (secondary N) is 1. The summed E-state index contributed by atoms with van der Waals surface area (Å²) in [5.74, 6) is 1.69. The van der Waals surface area contributed by atoms with Crippen LogP contribution in [0.15, 0.2) is 18.2 Å². The van der Waals surface area contributed by atoms with Crippen LogP contribution < -0.4 is 15.8 Å². The van der Waals surface area contributed by atoms with Crippen LogP contribution in [0.25, 0.3) is 0 Å². The van der Waals surface area contributed by atoms with Crippen molar-refractivity contribution >= 4 is 11.4 Å². The SMILES string of the molecule is CCCC1CC1Nc1cc(N)cc(OCC)c1. The molecule has 0 radical (unpaired) electrons. The lowest BCUT2D eigenvalue weighted by Gasteiger charge is -2.10. The number of rotatable bonds is 6. The Kier molecular flexibility index (Phi) is 3.77. The molecule has 2 rings (SSSR count). The fraction of sp³-hybridized carbons (Fsp3) is 0.571. The van der Waals surface area contributed by atoms with E-state index in [9.17, 15) is 0 Å². The highest BCUT2D eigenvalue weighted by Crippen LogP contribution is 2.38. The van der Waals surface area contributed by atoms with Gasteiger partial charge in [0, 0.05) is 29.5 Å². The van der Waals surface area contributed by atoms with Crippen molar-refractivity contribution in [1.29, 1.82) is 0 Å². The van der Waals surface area contributed by atoms with Gasteiger partial charge in [0.1, 0.15) is 5.75 Å². The highest BCUT2D eigenvalue weighted by Gasteiger charge is 2.35. The minimum Gasteiger partial charge on any atom is -0.494 e. The number of hydrogen-bond donors (Lipinski definition) is 2. The zero-order chi connectivity index (χ0) is 12.3. The molecule has 2 atom stereocenters. The van der Waals surface area contributed by atoms with E-state index in [1.54, 1.807) is 0 Å². The quantitative estimate of drug-likeness (QED) is 0.743. The van der Waals surface area contributed by atoms with E-state index in [-0.39, 0.29) is 0 Å². The molecular formula is C14H22N2O. The van der Waals surface area contributed by atoms with Gasteiger partial charge in [-0.1, -0.05) is 13.3 Å². The maximum absolute atomic E-state index is 5.86. The average Bonchev–Trinajstić information content (AvgIpc) is 2.96. The van der Waals surface area contributed by atoms with E-state index >= 15 is 0 Å². The van der Waals surface area contributed by atoms with Crippen LogP contribution in [-0.2, 0) is 0 Å². The smallest absolute Gasteiger partial charge is 0.123 e. The van der Waals surface area contributed by atoms with Crippen molar-refractivity contribution in [2.75, 3.05) is 17.7 Å². The van der Waals surface area contributed by atoms with Crippen molar-refractivity contribution in [3.05, 3.63) is 18.2 Å². The molecule has 0 saturated heterocycles. The predicted octanol–water partition coefficient (Wildman–Crippen LogP) is 3.27. The second-order valence-electron chi connectivity index (χ2n) is 4.76. The number of ether oxygens (including phenoxy) is 1. The molecule has 1 aliphatic carbocycles. The molecule has 2 unspecified atom stereocenters. The normalized spacial score (nSPS) is 22.2. The van der Waals surface area contributed by atoms with Crippen molar-refractivity contribution in [3.63, 3.8) is 0 Å². The number of hydrogen-bond acceptors (Lipinski definition) is 3. The van der Waals surface area contributed by atoms with Gasteiger partial charge in [0.15, 0.2) is 0 Å². The number of nitrogen functional groups attached to an aromatic ring is 1. The van der Waals surface area contributed by atoms with Gasteiger partial charge in [-0.3, -0.25) is 0 Å². The highest BCUT2D eigenvalue weighted by molar-refractivity contribution is 5.60. The molecule has 1 aliphatic rings. The van der Waals surface area contributed by atoms with Crippen molar-refractivity contribution in [2.45, 2.75) is 39.2 Å². The minimum atomic E-state index is 0.631. The fourth-order valence-corrected chi connectivity index (χ4v) is 2.28. The van der Waals surface area contributed by atoms with E-state index in [1.807, 2.05) is 25.1 Å². The summed E-state index contributed by atoms with van der Waals surface area (Å²) >= 11 is 0. The molecule has 0 amide bonds. The number of nitrogens with two attached hydrogens (primary N) is 1. The molecule has 0 bridgehead atoms. The third kappa shape index (κ3) is 3.29. The Morgan fingerprint density at radius 3 is 2.88 bits per heavy atom. The maximum atomic E-state index is 5.86. The van der Waals surface area contributed by atoms with Gasteiger partial charge in [0.25, 0.3) is 0 Å². The molecule has 17 heavy (non-hydrogen) atoms. The highest BCUT2D eigenvalue weighted by atomic mass is 16.5. The lowest BCUT2D eigenvalue weighted by molar-refractivity contribution is 0.340. The van der Waals surface area contributed by atoms with Crippen LogP contribution in [0.2, 0.25) is 0 Å². The molecular weight excluding hydrogens is 212 g/mol. The zero-order valence-corrected chi connectivity index (χ0v) is 10.7. The van der Waals surface area contributed by atoms with Gasteiger partial charge in [0.2, 0.25) is 0 Å². The van der Waals surface area contributed by atoms with E-state index in [2.05, 4.69) is 12.2 Å². The second-order valence-corrected chi connectivity index (χ2v) is 4.76. The van der Waals surface area contributed by atoms with Crippen LogP contribution in [0.4, 0.5) is 11.4 Å². The van der Waals surface area contributed by atoms with Crippen molar-refractivity contribution in [3.8, 4) is 5.75 Å². The Hall–Kier alpha value is -1.38. The molecule has 0 spiro atoms. The first-order valence-corrected chi connectivity index (χ1v) is 6.52. The van der Waals surface area contributed by atoms with E-state index in [1.165, 1.54) is 19.3 Å². The summed E-state index contributed by atoms with van der Waals surface area (Å²) in [6, 6.07) is 6.50. The van der Waals surface area contributed by atoms with Gasteiger partial charge >= 0.3 is 0 Å². The predicted molar refractivity (Wildman–Crippen MR) is 72.4 cm³/mol. The topological polar surface area (TPSA) is 47.3 Å². The summed E-state index contributed by atoms with van der Waals surface area (Å²) < 4.78 is 5.48. The van der Waals surface area contributed by atoms with Crippen molar-refractivity contribution in [2.24, 2.45) is 5.92 Å². The molecule has 94 valence electrons. The van der Waals surface area contributed by atoms with Crippen LogP contribution in [0.5, 0.6) is 5.75 Å².